The smallest absolute Gasteiger partial charge is 0.225 e. The van der Waals surface area contributed by atoms with Crippen molar-refractivity contribution >= 4 is 11.7 Å². The molecule has 0 unspecified atom stereocenters. The van der Waals surface area contributed by atoms with Crippen molar-refractivity contribution in [3.05, 3.63) is 34.5 Å². The molecule has 1 aliphatic carbocycles. The molecule has 1 amide bonds. The maximum Gasteiger partial charge on any atom is 0.225 e. The first kappa shape index (κ1) is 17.9. The summed E-state index contributed by atoms with van der Waals surface area (Å²) in [6.45, 7) is 2.31. The molecule has 0 spiro atoms. The number of aryl methyl sites for hydroxylation is 3. The quantitative estimate of drug-likeness (QED) is 0.775. The Bertz CT molecular complexity index is 1070. The van der Waals surface area contributed by atoms with Crippen molar-refractivity contribution in [1.82, 2.24) is 24.6 Å². The number of pyridine rings is 1. The summed E-state index contributed by atoms with van der Waals surface area (Å²) >= 11 is 0. The zero-order valence-electron chi connectivity index (χ0n) is 17.0. The number of nitriles is 1. The average molecular weight is 403 g/mol. The first-order valence-electron chi connectivity index (χ1n) is 11.1. The van der Waals surface area contributed by atoms with E-state index in [1.807, 2.05) is 11.0 Å². The predicted molar refractivity (Wildman–Crippen MR) is 109 cm³/mol. The van der Waals surface area contributed by atoms with E-state index in [1.165, 1.54) is 12.0 Å². The Balaban J connectivity index is 1.28. The molecule has 8 heteroatoms. The molecule has 0 radical (unpaired) electrons. The molecule has 4 aliphatic rings. The molecule has 0 N–H and O–H groups in total. The van der Waals surface area contributed by atoms with Crippen LogP contribution in [0.5, 0.6) is 0 Å². The zero-order chi connectivity index (χ0) is 20.2. The molecular weight excluding hydrogens is 378 g/mol. The third kappa shape index (κ3) is 2.64. The number of nitrogens with zero attached hydrogens (tertiary/aromatic N) is 7. The lowest BCUT2D eigenvalue weighted by Crippen LogP contribution is -2.38. The molecule has 154 valence electrons. The summed E-state index contributed by atoms with van der Waals surface area (Å²) < 4.78 is 2.17. The van der Waals surface area contributed by atoms with Crippen LogP contribution in [-0.4, -0.2) is 49.2 Å². The second-order valence-corrected chi connectivity index (χ2v) is 8.91. The topological polar surface area (TPSA) is 90.9 Å². The van der Waals surface area contributed by atoms with Crippen LogP contribution < -0.4 is 4.90 Å². The van der Waals surface area contributed by atoms with E-state index in [-0.39, 0.29) is 18.0 Å². The van der Waals surface area contributed by atoms with Gasteiger partial charge in [0.2, 0.25) is 5.91 Å². The lowest BCUT2D eigenvalue weighted by molar-refractivity contribution is -0.129. The van der Waals surface area contributed by atoms with Gasteiger partial charge in [0.25, 0.3) is 0 Å². The van der Waals surface area contributed by atoms with E-state index in [0.29, 0.717) is 18.5 Å². The third-order valence-corrected chi connectivity index (χ3v) is 7.29. The first-order chi connectivity index (χ1) is 14.7. The summed E-state index contributed by atoms with van der Waals surface area (Å²) in [6, 6.07) is 4.64. The van der Waals surface area contributed by atoms with Crippen molar-refractivity contribution in [2.75, 3.05) is 11.4 Å². The van der Waals surface area contributed by atoms with E-state index >= 15 is 0 Å². The number of carbonyl (C=O) groups excluding carboxylic acids is 1. The van der Waals surface area contributed by atoms with Gasteiger partial charge in [-0.05, 0) is 50.2 Å². The van der Waals surface area contributed by atoms with Crippen LogP contribution in [0.15, 0.2) is 6.07 Å². The predicted octanol–water partition coefficient (Wildman–Crippen LogP) is 1.75. The molecule has 2 aromatic heterocycles. The SMILES string of the molecule is N#Cc1cc2c(nc1N1CC[C@H]3[C@@H]1CC(=O)N3Cc1nnc3n1CCC3)CCCC2. The molecular formula is C22H25N7O. The maximum absolute atomic E-state index is 12.9. The van der Waals surface area contributed by atoms with Crippen molar-refractivity contribution in [2.45, 2.75) is 76.5 Å². The van der Waals surface area contributed by atoms with E-state index in [1.54, 1.807) is 0 Å². The van der Waals surface area contributed by atoms with Gasteiger partial charge in [0.15, 0.2) is 5.82 Å². The van der Waals surface area contributed by atoms with Crippen LogP contribution in [0.2, 0.25) is 0 Å². The average Bonchev–Trinajstić information content (AvgIpc) is 3.52. The van der Waals surface area contributed by atoms with E-state index < -0.39 is 0 Å². The summed E-state index contributed by atoms with van der Waals surface area (Å²) in [5.41, 5.74) is 3.01. The molecule has 3 aliphatic heterocycles. The van der Waals surface area contributed by atoms with Gasteiger partial charge in [-0.2, -0.15) is 5.26 Å². The lowest BCUT2D eigenvalue weighted by atomic mass is 9.94. The lowest BCUT2D eigenvalue weighted by Gasteiger charge is -2.28. The number of likely N-dealkylation sites (tertiary alicyclic amines) is 1. The van der Waals surface area contributed by atoms with Crippen LogP contribution in [0.4, 0.5) is 5.82 Å². The van der Waals surface area contributed by atoms with E-state index in [2.05, 4.69) is 25.7 Å². The fraction of sp³-hybridized carbons (Fsp3) is 0.591. The second kappa shape index (κ2) is 6.79. The molecule has 0 saturated carbocycles. The number of hydrogen-bond donors (Lipinski definition) is 0. The summed E-state index contributed by atoms with van der Waals surface area (Å²) in [5, 5.41) is 18.4. The molecule has 2 fully saturated rings. The number of aromatic nitrogens is 4. The number of anilines is 1. The summed E-state index contributed by atoms with van der Waals surface area (Å²) in [5.74, 6) is 2.89. The number of hydrogen-bond acceptors (Lipinski definition) is 6. The molecule has 30 heavy (non-hydrogen) atoms. The fourth-order valence-corrected chi connectivity index (χ4v) is 5.80. The van der Waals surface area contributed by atoms with Crippen LogP contribution in [0.1, 0.15) is 60.6 Å². The Morgan fingerprint density at radius 3 is 2.90 bits per heavy atom. The van der Waals surface area contributed by atoms with E-state index in [4.69, 9.17) is 4.98 Å². The highest BCUT2D eigenvalue weighted by molar-refractivity contribution is 5.81. The Morgan fingerprint density at radius 1 is 1.10 bits per heavy atom. The van der Waals surface area contributed by atoms with Crippen molar-refractivity contribution in [2.24, 2.45) is 0 Å². The number of amides is 1. The Morgan fingerprint density at radius 2 is 2.00 bits per heavy atom. The van der Waals surface area contributed by atoms with Crippen LogP contribution in [-0.2, 0) is 37.1 Å². The molecule has 0 bridgehead atoms. The summed E-state index contributed by atoms with van der Waals surface area (Å²) in [7, 11) is 0. The van der Waals surface area contributed by atoms with Crippen molar-refractivity contribution in [3.8, 4) is 6.07 Å². The van der Waals surface area contributed by atoms with E-state index in [9.17, 15) is 10.1 Å². The molecule has 2 saturated heterocycles. The molecule has 2 atom stereocenters. The number of fused-ring (bicyclic) bond motifs is 3. The highest BCUT2D eigenvalue weighted by Gasteiger charge is 2.48. The zero-order valence-corrected chi connectivity index (χ0v) is 17.0. The van der Waals surface area contributed by atoms with Gasteiger partial charge in [-0.25, -0.2) is 4.98 Å². The van der Waals surface area contributed by atoms with Crippen LogP contribution in [0.25, 0.3) is 0 Å². The standard InChI is InChI=1S/C22H25N7O/c23-12-15-10-14-4-1-2-5-16(14)24-22(15)27-9-7-17-18(27)11-21(30)29(17)13-20-26-25-19-6-3-8-28(19)20/h10,17-18H,1-9,11,13H2/t17-,18-/m0/s1. The first-order valence-corrected chi connectivity index (χ1v) is 11.1. The van der Waals surface area contributed by atoms with Gasteiger partial charge in [0.1, 0.15) is 17.7 Å². The number of rotatable bonds is 3. The molecule has 8 nitrogen and oxygen atoms in total. The van der Waals surface area contributed by atoms with Crippen molar-refractivity contribution in [1.29, 1.82) is 5.26 Å². The molecule has 6 rings (SSSR count). The Hall–Kier alpha value is -2.95. The minimum Gasteiger partial charge on any atom is -0.350 e. The fourth-order valence-electron chi connectivity index (χ4n) is 5.80. The van der Waals surface area contributed by atoms with E-state index in [0.717, 1.165) is 74.8 Å². The van der Waals surface area contributed by atoms with Crippen LogP contribution in [0, 0.1) is 11.3 Å². The Labute approximate surface area is 175 Å². The normalized spacial score (nSPS) is 24.7. The van der Waals surface area contributed by atoms with Gasteiger partial charge in [-0.3, -0.25) is 4.79 Å². The minimum atomic E-state index is 0.0831. The van der Waals surface area contributed by atoms with Gasteiger partial charge in [0.05, 0.1) is 24.2 Å². The van der Waals surface area contributed by atoms with Gasteiger partial charge in [-0.15, -0.1) is 10.2 Å². The van der Waals surface area contributed by atoms with Gasteiger partial charge >= 0.3 is 0 Å². The maximum atomic E-state index is 12.9. The van der Waals surface area contributed by atoms with Crippen LogP contribution in [0.3, 0.4) is 0 Å². The third-order valence-electron chi connectivity index (χ3n) is 7.29. The summed E-state index contributed by atoms with van der Waals surface area (Å²) in [6.07, 6.45) is 7.79. The van der Waals surface area contributed by atoms with Gasteiger partial charge in [-0.1, -0.05) is 0 Å². The van der Waals surface area contributed by atoms with Gasteiger partial charge < -0.3 is 14.4 Å². The summed E-state index contributed by atoms with van der Waals surface area (Å²) in [4.78, 5) is 22.1. The highest BCUT2D eigenvalue weighted by atomic mass is 16.2. The molecule has 0 aromatic carbocycles. The van der Waals surface area contributed by atoms with Crippen molar-refractivity contribution < 1.29 is 4.79 Å². The van der Waals surface area contributed by atoms with Gasteiger partial charge in [0, 0.05) is 31.6 Å². The van der Waals surface area contributed by atoms with Crippen LogP contribution >= 0.6 is 0 Å². The Kier molecular flexibility index (Phi) is 4.05. The van der Waals surface area contributed by atoms with Crippen molar-refractivity contribution in [3.63, 3.8) is 0 Å². The molecule has 2 aromatic rings. The highest BCUT2D eigenvalue weighted by Crippen LogP contribution is 2.38. The monoisotopic (exact) mass is 403 g/mol. The molecule has 5 heterocycles. The largest absolute Gasteiger partial charge is 0.350 e. The second-order valence-electron chi connectivity index (χ2n) is 8.91. The number of carbonyl (C=O) groups is 1. The minimum absolute atomic E-state index is 0.0831.